The van der Waals surface area contributed by atoms with E-state index in [0.717, 1.165) is 0 Å². The molecule has 0 unspecified atom stereocenters. The van der Waals surface area contributed by atoms with Crippen LogP contribution in [0.3, 0.4) is 0 Å². The van der Waals surface area contributed by atoms with Crippen LogP contribution < -0.4 is 21.7 Å². The Bertz CT molecular complexity index is 609. The summed E-state index contributed by atoms with van der Waals surface area (Å²) < 4.78 is 5.07. The lowest BCUT2D eigenvalue weighted by Gasteiger charge is -2.19. The third-order valence-corrected chi connectivity index (χ3v) is 3.15. The number of anilines is 1. The summed E-state index contributed by atoms with van der Waals surface area (Å²) in [6, 6.07) is 6.65. The van der Waals surface area contributed by atoms with Crippen LogP contribution in [0.1, 0.15) is 44.0 Å². The molecule has 0 spiro atoms. The highest BCUT2D eigenvalue weighted by Crippen LogP contribution is 2.06. The fourth-order valence-electron chi connectivity index (χ4n) is 1.94. The predicted octanol–water partition coefficient (Wildman–Crippen LogP) is 1.42. The van der Waals surface area contributed by atoms with Crippen molar-refractivity contribution in [1.29, 1.82) is 0 Å². The number of hydrogen-bond acceptors (Lipinski definition) is 5. The quantitative estimate of drug-likeness (QED) is 0.410. The van der Waals surface area contributed by atoms with Crippen molar-refractivity contribution >= 4 is 23.6 Å². The number of benzene rings is 1. The van der Waals surface area contributed by atoms with Gasteiger partial charge in [0, 0.05) is 37.3 Å². The molecule has 8 heteroatoms. The van der Waals surface area contributed by atoms with Gasteiger partial charge in [-0.1, -0.05) is 0 Å². The summed E-state index contributed by atoms with van der Waals surface area (Å²) in [6.07, 6.45) is 0.221. The molecule has 0 saturated heterocycles. The number of alkyl carbamates (subject to hydrolysis) is 1. The fourth-order valence-corrected chi connectivity index (χ4v) is 1.94. The maximum Gasteiger partial charge on any atom is 0.407 e. The summed E-state index contributed by atoms with van der Waals surface area (Å²) in [6.45, 7) is 6.39. The van der Waals surface area contributed by atoms with E-state index < -0.39 is 11.7 Å². The van der Waals surface area contributed by atoms with E-state index in [1.165, 1.54) is 0 Å². The van der Waals surface area contributed by atoms with E-state index in [1.54, 1.807) is 45.0 Å². The Morgan fingerprint density at radius 1 is 0.962 bits per heavy atom. The van der Waals surface area contributed by atoms with E-state index >= 15 is 0 Å². The highest BCUT2D eigenvalue weighted by atomic mass is 16.6. The zero-order valence-electron chi connectivity index (χ0n) is 15.6. The number of nitrogens with two attached hydrogens (primary N) is 1. The molecule has 0 fully saturated rings. The lowest BCUT2D eigenvalue weighted by atomic mass is 10.2. The van der Waals surface area contributed by atoms with Crippen LogP contribution in [-0.4, -0.2) is 43.1 Å². The highest BCUT2D eigenvalue weighted by molar-refractivity contribution is 5.94. The zero-order chi connectivity index (χ0) is 19.6. The largest absolute Gasteiger partial charge is 0.444 e. The summed E-state index contributed by atoms with van der Waals surface area (Å²) >= 11 is 0. The number of nitrogens with one attached hydrogen (secondary N) is 3. The highest BCUT2D eigenvalue weighted by Gasteiger charge is 2.15. The molecule has 0 radical (unpaired) electrons. The van der Waals surface area contributed by atoms with Gasteiger partial charge >= 0.3 is 6.09 Å². The minimum Gasteiger partial charge on any atom is -0.444 e. The first-order chi connectivity index (χ1) is 12.2. The molecule has 0 aliphatic rings. The van der Waals surface area contributed by atoms with E-state index in [1.807, 2.05) is 0 Å². The maximum atomic E-state index is 11.9. The molecule has 1 aromatic carbocycles. The van der Waals surface area contributed by atoms with Crippen molar-refractivity contribution < 1.29 is 19.1 Å². The third-order valence-electron chi connectivity index (χ3n) is 3.15. The average molecular weight is 364 g/mol. The molecule has 0 saturated carbocycles. The molecule has 0 heterocycles. The van der Waals surface area contributed by atoms with E-state index in [-0.39, 0.29) is 24.8 Å². The van der Waals surface area contributed by atoms with Crippen molar-refractivity contribution in [2.24, 2.45) is 0 Å². The molecular weight excluding hydrogens is 336 g/mol. The molecule has 0 aliphatic heterocycles. The van der Waals surface area contributed by atoms with E-state index in [0.29, 0.717) is 30.8 Å². The van der Waals surface area contributed by atoms with Crippen molar-refractivity contribution in [2.75, 3.05) is 25.4 Å². The van der Waals surface area contributed by atoms with Crippen LogP contribution in [0.25, 0.3) is 0 Å². The number of carbonyl (C=O) groups is 3. The lowest BCUT2D eigenvalue weighted by molar-refractivity contribution is -0.120. The minimum absolute atomic E-state index is 0.164. The van der Waals surface area contributed by atoms with Gasteiger partial charge in [-0.2, -0.15) is 0 Å². The second-order valence-corrected chi connectivity index (χ2v) is 6.76. The van der Waals surface area contributed by atoms with Crippen molar-refractivity contribution in [2.45, 2.75) is 39.2 Å². The molecular formula is C18H28N4O4. The second-order valence-electron chi connectivity index (χ2n) is 6.76. The number of rotatable bonds is 8. The molecule has 144 valence electrons. The molecule has 0 aromatic heterocycles. The van der Waals surface area contributed by atoms with Crippen molar-refractivity contribution in [3.05, 3.63) is 29.8 Å². The molecule has 0 aliphatic carbocycles. The SMILES string of the molecule is CC(C)(C)OC(=O)NCCC(=O)NCCCNC(=O)c1ccc(N)cc1. The van der Waals surface area contributed by atoms with Gasteiger partial charge in [-0.05, 0) is 51.5 Å². The van der Waals surface area contributed by atoms with E-state index in [2.05, 4.69) is 16.0 Å². The van der Waals surface area contributed by atoms with Crippen LogP contribution in [-0.2, 0) is 9.53 Å². The number of amides is 3. The Balaban J connectivity index is 2.08. The Morgan fingerprint density at radius 2 is 1.58 bits per heavy atom. The summed E-state index contributed by atoms with van der Waals surface area (Å²) in [7, 11) is 0. The van der Waals surface area contributed by atoms with Gasteiger partial charge in [0.25, 0.3) is 5.91 Å². The Labute approximate surface area is 153 Å². The van der Waals surface area contributed by atoms with Crippen LogP contribution >= 0.6 is 0 Å². The lowest BCUT2D eigenvalue weighted by Crippen LogP contribution is -2.35. The van der Waals surface area contributed by atoms with Crippen molar-refractivity contribution in [1.82, 2.24) is 16.0 Å². The Kier molecular flexibility index (Phi) is 8.41. The van der Waals surface area contributed by atoms with Crippen LogP contribution in [0.4, 0.5) is 10.5 Å². The number of nitrogen functional groups attached to an aromatic ring is 1. The van der Waals surface area contributed by atoms with Gasteiger partial charge in [0.1, 0.15) is 5.60 Å². The van der Waals surface area contributed by atoms with Crippen molar-refractivity contribution in [3.8, 4) is 0 Å². The van der Waals surface area contributed by atoms with Crippen molar-refractivity contribution in [3.63, 3.8) is 0 Å². The second kappa shape index (κ2) is 10.3. The molecule has 1 aromatic rings. The molecule has 0 atom stereocenters. The summed E-state index contributed by atoms with van der Waals surface area (Å²) in [5.41, 5.74) is 6.15. The fraction of sp³-hybridized carbons (Fsp3) is 0.500. The Hall–Kier alpha value is -2.77. The van der Waals surface area contributed by atoms with Gasteiger partial charge in [0.15, 0.2) is 0 Å². The van der Waals surface area contributed by atoms with Crippen LogP contribution in [0, 0.1) is 0 Å². The first-order valence-corrected chi connectivity index (χ1v) is 8.54. The van der Waals surface area contributed by atoms with Crippen LogP contribution in [0.15, 0.2) is 24.3 Å². The molecule has 3 amide bonds. The number of ether oxygens (including phenoxy) is 1. The maximum absolute atomic E-state index is 11.9. The smallest absolute Gasteiger partial charge is 0.407 e. The normalized spacial score (nSPS) is 10.7. The first-order valence-electron chi connectivity index (χ1n) is 8.54. The van der Waals surface area contributed by atoms with Gasteiger partial charge in [0.2, 0.25) is 5.91 Å². The number of hydrogen-bond donors (Lipinski definition) is 4. The summed E-state index contributed by atoms with van der Waals surface area (Å²) in [4.78, 5) is 35.0. The Morgan fingerprint density at radius 3 is 2.19 bits per heavy atom. The van der Waals surface area contributed by atoms with Crippen LogP contribution in [0.2, 0.25) is 0 Å². The average Bonchev–Trinajstić information content (AvgIpc) is 2.53. The minimum atomic E-state index is -0.566. The van der Waals surface area contributed by atoms with E-state index in [9.17, 15) is 14.4 Å². The van der Waals surface area contributed by atoms with E-state index in [4.69, 9.17) is 10.5 Å². The third kappa shape index (κ3) is 9.51. The molecule has 1 rings (SSSR count). The van der Waals surface area contributed by atoms with Gasteiger partial charge < -0.3 is 26.4 Å². The first kappa shape index (κ1) is 21.3. The predicted molar refractivity (Wildman–Crippen MR) is 99.7 cm³/mol. The molecule has 0 bridgehead atoms. The van der Waals surface area contributed by atoms with Gasteiger partial charge in [-0.25, -0.2) is 4.79 Å². The molecule has 8 nitrogen and oxygen atoms in total. The molecule has 26 heavy (non-hydrogen) atoms. The molecule has 5 N–H and O–H groups in total. The summed E-state index contributed by atoms with van der Waals surface area (Å²) in [5.74, 6) is -0.358. The monoisotopic (exact) mass is 364 g/mol. The topological polar surface area (TPSA) is 123 Å². The van der Waals surface area contributed by atoms with Gasteiger partial charge in [-0.15, -0.1) is 0 Å². The summed E-state index contributed by atoms with van der Waals surface area (Å²) in [5, 5.41) is 8.01. The standard InChI is InChI=1S/C18H28N4O4/c1-18(2,3)26-17(25)22-12-9-15(23)20-10-4-11-21-16(24)13-5-7-14(19)8-6-13/h5-8H,4,9-12,19H2,1-3H3,(H,20,23)(H,21,24)(H,22,25). The van der Waals surface area contributed by atoms with Gasteiger partial charge in [0.05, 0.1) is 0 Å². The van der Waals surface area contributed by atoms with Gasteiger partial charge in [-0.3, -0.25) is 9.59 Å². The zero-order valence-corrected chi connectivity index (χ0v) is 15.6. The van der Waals surface area contributed by atoms with Crippen LogP contribution in [0.5, 0.6) is 0 Å². The number of carbonyl (C=O) groups excluding carboxylic acids is 3.